The molecule has 6 heteroatoms. The highest BCUT2D eigenvalue weighted by molar-refractivity contribution is 14.1. The molecule has 1 unspecified atom stereocenters. The Labute approximate surface area is 141 Å². The lowest BCUT2D eigenvalue weighted by molar-refractivity contribution is 0.182. The summed E-state index contributed by atoms with van der Waals surface area (Å²) in [6.07, 6.45) is 1.84. The Morgan fingerprint density at radius 2 is 2.10 bits per heavy atom. The summed E-state index contributed by atoms with van der Waals surface area (Å²) < 4.78 is 9.36. The average molecular weight is 450 g/mol. The first-order chi connectivity index (χ1) is 9.67. The fraction of sp³-hybridized carbons (Fsp3) is 0.357. The third-order valence-electron chi connectivity index (χ3n) is 3.11. The molecule has 2 aromatic rings. The van der Waals surface area contributed by atoms with Gasteiger partial charge >= 0.3 is 0 Å². The van der Waals surface area contributed by atoms with Gasteiger partial charge in [0.05, 0.1) is 35.6 Å². The van der Waals surface area contributed by atoms with Gasteiger partial charge in [-0.25, -0.2) is 0 Å². The number of aromatic nitrogens is 2. The summed E-state index contributed by atoms with van der Waals surface area (Å²) in [5.41, 5.74) is 2.33. The molecule has 1 aromatic carbocycles. The molecule has 0 saturated heterocycles. The van der Waals surface area contributed by atoms with Crippen LogP contribution in [0.1, 0.15) is 17.3 Å². The first-order valence-corrected chi connectivity index (χ1v) is 8.17. The van der Waals surface area contributed by atoms with Crippen LogP contribution in [0.3, 0.4) is 0 Å². The van der Waals surface area contributed by atoms with E-state index in [0.717, 1.165) is 16.7 Å². The second kappa shape index (κ2) is 7.53. The molecular formula is C14H17BrIN3O. The van der Waals surface area contributed by atoms with Gasteiger partial charge in [0.15, 0.2) is 0 Å². The lowest BCUT2D eigenvalue weighted by atomic mass is 10.0. The van der Waals surface area contributed by atoms with Crippen molar-refractivity contribution in [2.24, 2.45) is 0 Å². The zero-order chi connectivity index (χ0) is 14.5. The van der Waals surface area contributed by atoms with Gasteiger partial charge in [-0.15, -0.1) is 0 Å². The topological polar surface area (TPSA) is 39.1 Å². The molecule has 1 aromatic heterocycles. The lowest BCUT2D eigenvalue weighted by Gasteiger charge is -2.19. The highest BCUT2D eigenvalue weighted by Gasteiger charge is 2.20. The van der Waals surface area contributed by atoms with Crippen molar-refractivity contribution in [1.29, 1.82) is 0 Å². The van der Waals surface area contributed by atoms with Gasteiger partial charge in [-0.1, -0.05) is 12.1 Å². The smallest absolute Gasteiger partial charge is 0.0757 e. The molecule has 0 radical (unpaired) electrons. The van der Waals surface area contributed by atoms with E-state index in [-0.39, 0.29) is 6.04 Å². The molecule has 0 aliphatic rings. The van der Waals surface area contributed by atoms with Gasteiger partial charge < -0.3 is 10.1 Å². The number of ether oxygens (including phenoxy) is 1. The summed E-state index contributed by atoms with van der Waals surface area (Å²) in [7, 11) is 3.66. The van der Waals surface area contributed by atoms with Crippen molar-refractivity contribution >= 4 is 38.5 Å². The predicted octanol–water partition coefficient (Wildman–Crippen LogP) is 3.21. The van der Waals surface area contributed by atoms with Crippen LogP contribution in [0.25, 0.3) is 0 Å². The van der Waals surface area contributed by atoms with Crippen LogP contribution in [0.4, 0.5) is 0 Å². The maximum atomic E-state index is 5.15. The molecule has 0 aliphatic heterocycles. The number of methoxy groups -OCH3 is 1. The molecule has 0 saturated carbocycles. The van der Waals surface area contributed by atoms with Crippen LogP contribution < -0.4 is 5.32 Å². The maximum Gasteiger partial charge on any atom is 0.0757 e. The van der Waals surface area contributed by atoms with E-state index < -0.39 is 0 Å². The highest BCUT2D eigenvalue weighted by Crippen LogP contribution is 2.28. The first-order valence-electron chi connectivity index (χ1n) is 6.30. The molecule has 0 bridgehead atoms. The number of benzene rings is 1. The summed E-state index contributed by atoms with van der Waals surface area (Å²) in [6.45, 7) is 1.38. The van der Waals surface area contributed by atoms with Gasteiger partial charge in [-0.3, -0.25) is 4.68 Å². The molecule has 0 aliphatic carbocycles. The van der Waals surface area contributed by atoms with E-state index in [9.17, 15) is 0 Å². The van der Waals surface area contributed by atoms with E-state index >= 15 is 0 Å². The van der Waals surface area contributed by atoms with Crippen molar-refractivity contribution < 1.29 is 4.74 Å². The van der Waals surface area contributed by atoms with Gasteiger partial charge in [-0.2, -0.15) is 5.10 Å². The average Bonchev–Trinajstić information content (AvgIpc) is 2.81. The van der Waals surface area contributed by atoms with Crippen LogP contribution >= 0.6 is 38.5 Å². The number of rotatable bonds is 6. The van der Waals surface area contributed by atoms with Gasteiger partial charge in [0, 0.05) is 10.7 Å². The fourth-order valence-corrected chi connectivity index (χ4v) is 3.02. The third-order valence-corrected chi connectivity index (χ3v) is 4.44. The van der Waals surface area contributed by atoms with E-state index in [1.807, 2.05) is 17.9 Å². The van der Waals surface area contributed by atoms with Crippen LogP contribution in [-0.2, 0) is 11.3 Å². The van der Waals surface area contributed by atoms with Crippen molar-refractivity contribution in [3.63, 3.8) is 0 Å². The van der Waals surface area contributed by atoms with E-state index in [4.69, 9.17) is 4.74 Å². The molecule has 1 atom stereocenters. The first kappa shape index (κ1) is 15.9. The number of hydrogen-bond donors (Lipinski definition) is 1. The molecule has 108 valence electrons. The monoisotopic (exact) mass is 449 g/mol. The predicted molar refractivity (Wildman–Crippen MR) is 91.9 cm³/mol. The van der Waals surface area contributed by atoms with Crippen molar-refractivity contribution in [3.05, 3.63) is 49.8 Å². The Kier molecular flexibility index (Phi) is 6.01. The Morgan fingerprint density at radius 3 is 2.70 bits per heavy atom. The van der Waals surface area contributed by atoms with Gasteiger partial charge in [-0.05, 0) is 63.3 Å². The summed E-state index contributed by atoms with van der Waals surface area (Å²) in [5.74, 6) is 0. The molecule has 0 fully saturated rings. The molecule has 0 spiro atoms. The normalized spacial score (nSPS) is 12.6. The van der Waals surface area contributed by atoms with Crippen LogP contribution in [0.2, 0.25) is 0 Å². The van der Waals surface area contributed by atoms with Crippen LogP contribution in [0.5, 0.6) is 0 Å². The standard InChI is InChI=1S/C14H17BrIN3O/c1-17-13(10-3-5-11(16)6-4-10)14-12(15)9-18-19(14)7-8-20-2/h3-6,9,13,17H,7-8H2,1-2H3. The Morgan fingerprint density at radius 1 is 1.40 bits per heavy atom. The molecule has 2 rings (SSSR count). The number of nitrogens with one attached hydrogen (secondary N) is 1. The molecule has 1 N–H and O–H groups in total. The largest absolute Gasteiger partial charge is 0.383 e. The van der Waals surface area contributed by atoms with E-state index in [1.165, 1.54) is 9.13 Å². The Balaban J connectivity index is 2.35. The summed E-state index contributed by atoms with van der Waals surface area (Å²) in [6, 6.07) is 8.61. The van der Waals surface area contributed by atoms with Gasteiger partial charge in [0.2, 0.25) is 0 Å². The second-order valence-electron chi connectivity index (χ2n) is 4.37. The quantitative estimate of drug-likeness (QED) is 0.688. The minimum atomic E-state index is 0.0979. The molecular weight excluding hydrogens is 433 g/mol. The Bertz CT molecular complexity index is 556. The fourth-order valence-electron chi connectivity index (χ4n) is 2.13. The van der Waals surface area contributed by atoms with E-state index in [2.05, 4.69) is 73.2 Å². The van der Waals surface area contributed by atoms with Gasteiger partial charge in [0.1, 0.15) is 0 Å². The van der Waals surface area contributed by atoms with E-state index in [0.29, 0.717) is 6.61 Å². The SMILES string of the molecule is CNC(c1ccc(I)cc1)c1c(Br)cnn1CCOC. The second-order valence-corrected chi connectivity index (χ2v) is 6.47. The van der Waals surface area contributed by atoms with Crippen LogP contribution in [0, 0.1) is 3.57 Å². The highest BCUT2D eigenvalue weighted by atomic mass is 127. The van der Waals surface area contributed by atoms with Crippen LogP contribution in [-0.4, -0.2) is 30.5 Å². The van der Waals surface area contributed by atoms with Crippen LogP contribution in [0.15, 0.2) is 34.9 Å². The third kappa shape index (κ3) is 3.60. The lowest BCUT2D eigenvalue weighted by Crippen LogP contribution is -2.23. The van der Waals surface area contributed by atoms with Crippen molar-refractivity contribution in [3.8, 4) is 0 Å². The minimum absolute atomic E-state index is 0.0979. The summed E-state index contributed by atoms with van der Waals surface area (Å²) in [4.78, 5) is 0. The van der Waals surface area contributed by atoms with Gasteiger partial charge in [0.25, 0.3) is 0 Å². The Hall–Kier alpha value is -0.440. The van der Waals surface area contributed by atoms with Crippen molar-refractivity contribution in [1.82, 2.24) is 15.1 Å². The number of halogens is 2. The number of hydrogen-bond acceptors (Lipinski definition) is 3. The summed E-state index contributed by atoms with van der Waals surface area (Å²) in [5, 5.41) is 7.78. The maximum absolute atomic E-state index is 5.15. The van der Waals surface area contributed by atoms with Crippen molar-refractivity contribution in [2.45, 2.75) is 12.6 Å². The summed E-state index contributed by atoms with van der Waals surface area (Å²) >= 11 is 5.91. The molecule has 4 nitrogen and oxygen atoms in total. The van der Waals surface area contributed by atoms with Crippen molar-refractivity contribution in [2.75, 3.05) is 20.8 Å². The zero-order valence-electron chi connectivity index (χ0n) is 11.4. The number of nitrogens with zero attached hydrogens (tertiary/aromatic N) is 2. The molecule has 20 heavy (non-hydrogen) atoms. The van der Waals surface area contributed by atoms with E-state index in [1.54, 1.807) is 7.11 Å². The minimum Gasteiger partial charge on any atom is -0.383 e. The molecule has 1 heterocycles. The molecule has 0 amide bonds. The zero-order valence-corrected chi connectivity index (χ0v) is 15.2.